The van der Waals surface area contributed by atoms with E-state index < -0.39 is 0 Å². The van der Waals surface area contributed by atoms with E-state index in [1.807, 2.05) is 0 Å². The third-order valence-electron chi connectivity index (χ3n) is 3.25. The molecule has 0 saturated heterocycles. The summed E-state index contributed by atoms with van der Waals surface area (Å²) in [4.78, 5) is 4.00. The SMILES string of the molecule is C=NCC(C)(C)[C@@H](C)C(C)CC. The highest BCUT2D eigenvalue weighted by molar-refractivity contribution is 5.23. The molecule has 0 aromatic carbocycles. The molecule has 72 valence electrons. The van der Waals surface area contributed by atoms with Crippen molar-refractivity contribution in [3.63, 3.8) is 0 Å². The van der Waals surface area contributed by atoms with Crippen LogP contribution in [0.1, 0.15) is 41.0 Å². The van der Waals surface area contributed by atoms with Gasteiger partial charge in [0.15, 0.2) is 0 Å². The Labute approximate surface area is 77.3 Å². The van der Waals surface area contributed by atoms with Crippen LogP contribution in [0.3, 0.4) is 0 Å². The van der Waals surface area contributed by atoms with Gasteiger partial charge in [0, 0.05) is 6.54 Å². The summed E-state index contributed by atoms with van der Waals surface area (Å²) in [7, 11) is 0. The molecule has 12 heavy (non-hydrogen) atoms. The molecule has 0 aromatic heterocycles. The van der Waals surface area contributed by atoms with Gasteiger partial charge < -0.3 is 4.99 Å². The normalized spacial score (nSPS) is 17.1. The van der Waals surface area contributed by atoms with Crippen LogP contribution >= 0.6 is 0 Å². The van der Waals surface area contributed by atoms with E-state index in [1.54, 1.807) is 0 Å². The average molecular weight is 169 g/mol. The number of rotatable bonds is 5. The molecule has 0 spiro atoms. The Hall–Kier alpha value is -0.330. The first-order chi connectivity index (χ1) is 5.45. The summed E-state index contributed by atoms with van der Waals surface area (Å²) >= 11 is 0. The lowest BCUT2D eigenvalue weighted by molar-refractivity contribution is 0.171. The van der Waals surface area contributed by atoms with Crippen molar-refractivity contribution in [2.75, 3.05) is 6.54 Å². The molecule has 0 bridgehead atoms. The highest BCUT2D eigenvalue weighted by Gasteiger charge is 2.28. The zero-order valence-electron chi connectivity index (χ0n) is 9.22. The number of hydrogen-bond donors (Lipinski definition) is 0. The van der Waals surface area contributed by atoms with E-state index in [9.17, 15) is 0 Å². The lowest BCUT2D eigenvalue weighted by Crippen LogP contribution is -2.29. The minimum absolute atomic E-state index is 0.303. The van der Waals surface area contributed by atoms with Crippen LogP contribution in [0.4, 0.5) is 0 Å². The average Bonchev–Trinajstić information content (AvgIpc) is 2.01. The van der Waals surface area contributed by atoms with Gasteiger partial charge in [-0.2, -0.15) is 0 Å². The molecule has 0 aromatic rings. The molecule has 0 radical (unpaired) electrons. The standard InChI is InChI=1S/C11H23N/c1-7-9(2)10(3)11(4,5)8-12-6/h9-10H,6-8H2,1-5H3/t9?,10-/m0/s1. The molecule has 1 heteroatoms. The van der Waals surface area contributed by atoms with Gasteiger partial charge in [-0.15, -0.1) is 0 Å². The van der Waals surface area contributed by atoms with Gasteiger partial charge in [-0.3, -0.25) is 0 Å². The molecule has 1 unspecified atom stereocenters. The van der Waals surface area contributed by atoms with E-state index in [0.717, 1.165) is 12.5 Å². The van der Waals surface area contributed by atoms with Gasteiger partial charge in [-0.05, 0) is 24.0 Å². The molecule has 0 aliphatic heterocycles. The summed E-state index contributed by atoms with van der Waals surface area (Å²) in [6, 6.07) is 0. The van der Waals surface area contributed by atoms with E-state index >= 15 is 0 Å². The first kappa shape index (κ1) is 11.7. The lowest BCUT2D eigenvalue weighted by atomic mass is 9.73. The molecule has 0 aliphatic rings. The molecular formula is C11H23N. The van der Waals surface area contributed by atoms with Crippen LogP contribution in [-0.2, 0) is 0 Å². The first-order valence-electron chi connectivity index (χ1n) is 4.88. The molecule has 0 rings (SSSR count). The van der Waals surface area contributed by atoms with Crippen LogP contribution in [0.2, 0.25) is 0 Å². The number of aliphatic imine (C=N–C) groups is 1. The summed E-state index contributed by atoms with van der Waals surface area (Å²) < 4.78 is 0. The van der Waals surface area contributed by atoms with Gasteiger partial charge in [-0.1, -0.05) is 41.0 Å². The fraction of sp³-hybridized carbons (Fsp3) is 0.909. The molecule has 1 nitrogen and oxygen atoms in total. The largest absolute Gasteiger partial charge is 0.300 e. The molecule has 0 amide bonds. The van der Waals surface area contributed by atoms with E-state index in [4.69, 9.17) is 0 Å². The Balaban J connectivity index is 4.22. The van der Waals surface area contributed by atoms with Gasteiger partial charge in [0.25, 0.3) is 0 Å². The maximum absolute atomic E-state index is 4.00. The summed E-state index contributed by atoms with van der Waals surface area (Å²) in [6.45, 7) is 15.9. The third kappa shape index (κ3) is 2.96. The van der Waals surface area contributed by atoms with Crippen molar-refractivity contribution in [2.24, 2.45) is 22.2 Å². The van der Waals surface area contributed by atoms with Gasteiger partial charge in [0.1, 0.15) is 0 Å². The van der Waals surface area contributed by atoms with Gasteiger partial charge in [-0.25, -0.2) is 0 Å². The Morgan fingerprint density at radius 2 is 1.83 bits per heavy atom. The second kappa shape index (κ2) is 4.64. The molecule has 0 fully saturated rings. The minimum Gasteiger partial charge on any atom is -0.300 e. The van der Waals surface area contributed by atoms with Crippen molar-refractivity contribution >= 4 is 6.72 Å². The fourth-order valence-corrected chi connectivity index (χ4v) is 1.56. The Bertz CT molecular complexity index is 138. The second-order valence-corrected chi connectivity index (χ2v) is 4.54. The Kier molecular flexibility index (Phi) is 4.51. The molecule has 0 heterocycles. The monoisotopic (exact) mass is 169 g/mol. The maximum atomic E-state index is 4.00. The first-order valence-corrected chi connectivity index (χ1v) is 4.88. The van der Waals surface area contributed by atoms with Crippen LogP contribution in [-0.4, -0.2) is 13.3 Å². The predicted molar refractivity (Wildman–Crippen MR) is 56.8 cm³/mol. The van der Waals surface area contributed by atoms with Crippen molar-refractivity contribution in [1.82, 2.24) is 0 Å². The Morgan fingerprint density at radius 1 is 1.33 bits per heavy atom. The zero-order valence-corrected chi connectivity index (χ0v) is 9.22. The van der Waals surface area contributed by atoms with Crippen LogP contribution in [0.25, 0.3) is 0 Å². The summed E-state index contributed by atoms with van der Waals surface area (Å²) in [5.74, 6) is 1.50. The van der Waals surface area contributed by atoms with Gasteiger partial charge >= 0.3 is 0 Å². The van der Waals surface area contributed by atoms with E-state index in [1.165, 1.54) is 6.42 Å². The van der Waals surface area contributed by atoms with E-state index in [2.05, 4.69) is 46.3 Å². The van der Waals surface area contributed by atoms with E-state index in [0.29, 0.717) is 11.3 Å². The number of nitrogens with zero attached hydrogens (tertiary/aromatic N) is 1. The fourth-order valence-electron chi connectivity index (χ4n) is 1.56. The highest BCUT2D eigenvalue weighted by atomic mass is 14.7. The van der Waals surface area contributed by atoms with E-state index in [-0.39, 0.29) is 0 Å². The van der Waals surface area contributed by atoms with Crippen molar-refractivity contribution in [2.45, 2.75) is 41.0 Å². The van der Waals surface area contributed by atoms with Crippen LogP contribution in [0.15, 0.2) is 4.99 Å². The van der Waals surface area contributed by atoms with Crippen LogP contribution < -0.4 is 0 Å². The lowest BCUT2D eigenvalue weighted by Gasteiger charge is -2.34. The van der Waals surface area contributed by atoms with Crippen LogP contribution in [0.5, 0.6) is 0 Å². The molecular weight excluding hydrogens is 146 g/mol. The van der Waals surface area contributed by atoms with Crippen LogP contribution in [0, 0.1) is 17.3 Å². The van der Waals surface area contributed by atoms with Gasteiger partial charge in [0.2, 0.25) is 0 Å². The molecule has 0 aliphatic carbocycles. The molecule has 2 atom stereocenters. The maximum Gasteiger partial charge on any atom is 0.0435 e. The molecule has 0 saturated carbocycles. The van der Waals surface area contributed by atoms with Crippen molar-refractivity contribution in [3.05, 3.63) is 0 Å². The predicted octanol–water partition coefficient (Wildman–Crippen LogP) is 3.40. The highest BCUT2D eigenvalue weighted by Crippen LogP contribution is 2.33. The van der Waals surface area contributed by atoms with Crippen molar-refractivity contribution in [3.8, 4) is 0 Å². The number of hydrogen-bond acceptors (Lipinski definition) is 1. The van der Waals surface area contributed by atoms with Crippen molar-refractivity contribution < 1.29 is 0 Å². The molecule has 0 N–H and O–H groups in total. The summed E-state index contributed by atoms with van der Waals surface area (Å²) in [5, 5.41) is 0. The van der Waals surface area contributed by atoms with Crippen molar-refractivity contribution in [1.29, 1.82) is 0 Å². The zero-order chi connectivity index (χ0) is 9.78. The minimum atomic E-state index is 0.303. The third-order valence-corrected chi connectivity index (χ3v) is 3.25. The second-order valence-electron chi connectivity index (χ2n) is 4.54. The topological polar surface area (TPSA) is 12.4 Å². The summed E-state index contributed by atoms with van der Waals surface area (Å²) in [5.41, 5.74) is 0.303. The quantitative estimate of drug-likeness (QED) is 0.559. The Morgan fingerprint density at radius 3 is 2.17 bits per heavy atom. The van der Waals surface area contributed by atoms with Gasteiger partial charge in [0.05, 0.1) is 0 Å². The smallest absolute Gasteiger partial charge is 0.0435 e. The summed E-state index contributed by atoms with van der Waals surface area (Å²) in [6.07, 6.45) is 1.25.